The first-order valence-electron chi connectivity index (χ1n) is 7.54. The summed E-state index contributed by atoms with van der Waals surface area (Å²) in [6.45, 7) is 6.15. The molecule has 0 saturated heterocycles. The minimum Gasteiger partial charge on any atom is -0.320 e. The van der Waals surface area contributed by atoms with E-state index in [4.69, 9.17) is 5.73 Å². The molecule has 0 aliphatic carbocycles. The zero-order chi connectivity index (χ0) is 16.1. The number of carbonyl (C=O) groups excluding carboxylic acids is 1. The van der Waals surface area contributed by atoms with Gasteiger partial charge >= 0.3 is 0 Å². The van der Waals surface area contributed by atoms with E-state index >= 15 is 0 Å². The molecule has 128 valence electrons. The fourth-order valence-corrected chi connectivity index (χ4v) is 2.97. The summed E-state index contributed by atoms with van der Waals surface area (Å²) in [6.07, 6.45) is 2.37. The van der Waals surface area contributed by atoms with Crippen molar-refractivity contribution in [1.82, 2.24) is 14.8 Å². The van der Waals surface area contributed by atoms with Gasteiger partial charge < -0.3 is 11.1 Å². The van der Waals surface area contributed by atoms with Crippen LogP contribution < -0.4 is 11.1 Å². The van der Waals surface area contributed by atoms with Crippen molar-refractivity contribution >= 4 is 35.5 Å². The maximum absolute atomic E-state index is 12.3. The second-order valence-electron chi connectivity index (χ2n) is 5.37. The third-order valence-corrected chi connectivity index (χ3v) is 4.28. The van der Waals surface area contributed by atoms with Crippen molar-refractivity contribution in [3.8, 4) is 0 Å². The number of nitrogens with zero attached hydrogens (tertiary/aromatic N) is 3. The fourth-order valence-electron chi connectivity index (χ4n) is 2.40. The van der Waals surface area contributed by atoms with E-state index < -0.39 is 6.04 Å². The van der Waals surface area contributed by atoms with Crippen LogP contribution in [0.5, 0.6) is 0 Å². The van der Waals surface area contributed by atoms with Crippen LogP contribution in [0.15, 0.2) is 17.0 Å². The van der Waals surface area contributed by atoms with Crippen LogP contribution in [0.4, 0.5) is 5.82 Å². The number of rotatable bonds is 7. The van der Waals surface area contributed by atoms with E-state index in [2.05, 4.69) is 29.2 Å². The van der Waals surface area contributed by atoms with Crippen LogP contribution in [0.25, 0.3) is 0 Å². The van der Waals surface area contributed by atoms with Gasteiger partial charge in [-0.1, -0.05) is 13.8 Å². The van der Waals surface area contributed by atoms with E-state index in [1.165, 1.54) is 11.3 Å². The first-order valence-corrected chi connectivity index (χ1v) is 8.49. The molecule has 2 aromatic rings. The van der Waals surface area contributed by atoms with Gasteiger partial charge in [0.25, 0.3) is 0 Å². The van der Waals surface area contributed by atoms with Gasteiger partial charge in [0.1, 0.15) is 5.82 Å². The van der Waals surface area contributed by atoms with Crippen molar-refractivity contribution in [1.29, 1.82) is 0 Å². The van der Waals surface area contributed by atoms with Crippen LogP contribution in [0.3, 0.4) is 0 Å². The molecule has 23 heavy (non-hydrogen) atoms. The normalized spacial score (nSPS) is 12.0. The highest BCUT2D eigenvalue weighted by molar-refractivity contribution is 7.07. The third kappa shape index (κ3) is 5.02. The van der Waals surface area contributed by atoms with Gasteiger partial charge in [0.2, 0.25) is 5.91 Å². The molecule has 2 heterocycles. The van der Waals surface area contributed by atoms with Crippen molar-refractivity contribution < 1.29 is 4.79 Å². The van der Waals surface area contributed by atoms with Gasteiger partial charge in [-0.3, -0.25) is 4.79 Å². The predicted molar refractivity (Wildman–Crippen MR) is 96.3 cm³/mol. The molecule has 1 amide bonds. The lowest BCUT2D eigenvalue weighted by molar-refractivity contribution is -0.117. The van der Waals surface area contributed by atoms with Gasteiger partial charge in [0.05, 0.1) is 29.0 Å². The standard InChI is InChI=1S/C15H23N5OS.ClH/c1-4-12(5-2)20-14(6-10(3)19-20)18-15(21)13(16)7-11-8-22-9-17-11;/h6,8-9,12-13H,4-5,7,16H2,1-3H3,(H,18,21);1H/t13-;/m0./s1. The monoisotopic (exact) mass is 357 g/mol. The molecule has 0 spiro atoms. The highest BCUT2D eigenvalue weighted by Crippen LogP contribution is 2.22. The molecule has 0 radical (unpaired) electrons. The Balaban J connectivity index is 0.00000264. The zero-order valence-corrected chi connectivity index (χ0v) is 15.3. The van der Waals surface area contributed by atoms with E-state index in [0.29, 0.717) is 12.2 Å². The SMILES string of the molecule is CCC(CC)n1nc(C)cc1NC(=O)[C@@H](N)Cc1cscn1.Cl. The minimum absolute atomic E-state index is 0. The number of amides is 1. The Morgan fingerprint density at radius 2 is 2.13 bits per heavy atom. The minimum atomic E-state index is -0.618. The van der Waals surface area contributed by atoms with E-state index in [1.807, 2.05) is 23.1 Å². The van der Waals surface area contributed by atoms with Crippen molar-refractivity contribution in [3.05, 3.63) is 28.3 Å². The van der Waals surface area contributed by atoms with E-state index in [-0.39, 0.29) is 24.4 Å². The Bertz CT molecular complexity index is 609. The molecule has 0 aromatic carbocycles. The number of halogens is 1. The number of nitrogens with two attached hydrogens (primary N) is 1. The molecule has 2 aromatic heterocycles. The van der Waals surface area contributed by atoms with Crippen LogP contribution in [0.2, 0.25) is 0 Å². The highest BCUT2D eigenvalue weighted by atomic mass is 35.5. The quantitative estimate of drug-likeness (QED) is 0.797. The number of hydrogen-bond acceptors (Lipinski definition) is 5. The summed E-state index contributed by atoms with van der Waals surface area (Å²) in [6, 6.07) is 1.54. The molecule has 0 fully saturated rings. The Labute approximate surface area is 146 Å². The molecule has 1 atom stereocenters. The Hall–Kier alpha value is -1.44. The van der Waals surface area contributed by atoms with Crippen molar-refractivity contribution in [3.63, 3.8) is 0 Å². The van der Waals surface area contributed by atoms with Crippen LogP contribution in [-0.4, -0.2) is 26.7 Å². The largest absolute Gasteiger partial charge is 0.320 e. The molecule has 0 aliphatic rings. The van der Waals surface area contributed by atoms with E-state index in [0.717, 1.165) is 24.2 Å². The lowest BCUT2D eigenvalue weighted by atomic mass is 10.1. The molecule has 0 unspecified atom stereocenters. The zero-order valence-electron chi connectivity index (χ0n) is 13.7. The van der Waals surface area contributed by atoms with Crippen molar-refractivity contribution in [2.24, 2.45) is 5.73 Å². The molecule has 0 saturated carbocycles. The molecular formula is C15H24ClN5OS. The molecule has 0 bridgehead atoms. The molecule has 3 N–H and O–H groups in total. The molecule has 6 nitrogen and oxygen atoms in total. The van der Waals surface area contributed by atoms with E-state index in [9.17, 15) is 4.79 Å². The van der Waals surface area contributed by atoms with Gasteiger partial charge in [-0.2, -0.15) is 5.10 Å². The van der Waals surface area contributed by atoms with Crippen LogP contribution in [0.1, 0.15) is 44.1 Å². The van der Waals surface area contributed by atoms with Gasteiger partial charge in [-0.25, -0.2) is 9.67 Å². The van der Waals surface area contributed by atoms with Gasteiger partial charge in [0.15, 0.2) is 0 Å². The molecular weight excluding hydrogens is 334 g/mol. The second kappa shape index (κ2) is 9.00. The van der Waals surface area contributed by atoms with Crippen LogP contribution in [-0.2, 0) is 11.2 Å². The van der Waals surface area contributed by atoms with Crippen LogP contribution in [0, 0.1) is 6.92 Å². The number of carbonyl (C=O) groups is 1. The van der Waals surface area contributed by atoms with E-state index in [1.54, 1.807) is 5.51 Å². The summed E-state index contributed by atoms with van der Waals surface area (Å²) in [5, 5.41) is 9.30. The summed E-state index contributed by atoms with van der Waals surface area (Å²) < 4.78 is 1.89. The maximum atomic E-state index is 12.3. The Kier molecular flexibility index (Phi) is 7.67. The first-order chi connectivity index (χ1) is 10.5. The third-order valence-electron chi connectivity index (χ3n) is 3.65. The number of hydrogen-bond donors (Lipinski definition) is 2. The highest BCUT2D eigenvalue weighted by Gasteiger charge is 2.19. The summed E-state index contributed by atoms with van der Waals surface area (Å²) in [5.74, 6) is 0.505. The summed E-state index contributed by atoms with van der Waals surface area (Å²) >= 11 is 1.50. The Morgan fingerprint density at radius 1 is 1.43 bits per heavy atom. The number of nitrogens with one attached hydrogen (secondary N) is 1. The van der Waals surface area contributed by atoms with Gasteiger partial charge in [-0.05, 0) is 19.8 Å². The Morgan fingerprint density at radius 3 is 2.70 bits per heavy atom. The average molecular weight is 358 g/mol. The van der Waals surface area contributed by atoms with Crippen LogP contribution >= 0.6 is 23.7 Å². The lowest BCUT2D eigenvalue weighted by Gasteiger charge is -2.18. The van der Waals surface area contributed by atoms with Gasteiger partial charge in [0, 0.05) is 17.9 Å². The second-order valence-corrected chi connectivity index (χ2v) is 6.08. The summed E-state index contributed by atoms with van der Waals surface area (Å²) in [4.78, 5) is 16.5. The summed E-state index contributed by atoms with van der Waals surface area (Å²) in [7, 11) is 0. The first kappa shape index (κ1) is 19.6. The number of aromatic nitrogens is 3. The summed E-state index contributed by atoms with van der Waals surface area (Å²) in [5.41, 5.74) is 9.45. The fraction of sp³-hybridized carbons (Fsp3) is 0.533. The van der Waals surface area contributed by atoms with Gasteiger partial charge in [-0.15, -0.1) is 23.7 Å². The maximum Gasteiger partial charge on any atom is 0.242 e. The molecule has 8 heteroatoms. The average Bonchev–Trinajstić information content (AvgIpc) is 3.11. The number of anilines is 1. The predicted octanol–water partition coefficient (Wildman–Crippen LogP) is 2.94. The topological polar surface area (TPSA) is 85.8 Å². The molecule has 2 rings (SSSR count). The van der Waals surface area contributed by atoms with Crippen molar-refractivity contribution in [2.75, 3.05) is 5.32 Å². The lowest BCUT2D eigenvalue weighted by Crippen LogP contribution is -2.38. The van der Waals surface area contributed by atoms with Crippen molar-refractivity contribution in [2.45, 2.75) is 52.1 Å². The number of aryl methyl sites for hydroxylation is 1. The smallest absolute Gasteiger partial charge is 0.242 e. The number of thiazole rings is 1. The molecule has 0 aliphatic heterocycles.